The van der Waals surface area contributed by atoms with Crippen LogP contribution in [0.3, 0.4) is 0 Å². The van der Waals surface area contributed by atoms with Crippen LogP contribution in [0.15, 0.2) is 52.3 Å². The number of hydrogen-bond donors (Lipinski definition) is 0. The van der Waals surface area contributed by atoms with Crippen LogP contribution in [0.1, 0.15) is 62.7 Å². The number of hydrogen-bond acceptors (Lipinski definition) is 8. The fourth-order valence-electron chi connectivity index (χ4n) is 4.57. The van der Waals surface area contributed by atoms with Crippen LogP contribution in [0, 0.1) is 0 Å². The fraction of sp³-hybridized carbons (Fsp3) is 0.500. The Bertz CT molecular complexity index is 1520. The lowest BCUT2D eigenvalue weighted by Crippen LogP contribution is -2.37. The van der Waals surface area contributed by atoms with E-state index in [0.717, 1.165) is 44.8 Å². The quantitative estimate of drug-likeness (QED) is 0.265. The summed E-state index contributed by atoms with van der Waals surface area (Å²) in [6, 6.07) is 10.8. The highest BCUT2D eigenvalue weighted by Crippen LogP contribution is 2.32. The van der Waals surface area contributed by atoms with Gasteiger partial charge in [0.15, 0.2) is 15.0 Å². The van der Waals surface area contributed by atoms with Gasteiger partial charge in [0, 0.05) is 31.5 Å². The van der Waals surface area contributed by atoms with Crippen LogP contribution < -0.4 is 4.90 Å². The molecule has 0 aliphatic carbocycles. The van der Waals surface area contributed by atoms with Crippen molar-refractivity contribution < 1.29 is 26.4 Å². The molecule has 12 heteroatoms. The molecule has 40 heavy (non-hydrogen) atoms. The zero-order valence-electron chi connectivity index (χ0n) is 23.2. The summed E-state index contributed by atoms with van der Waals surface area (Å²) in [6.45, 7) is 5.91. The highest BCUT2D eigenvalue weighted by Gasteiger charge is 2.29. The maximum Gasteiger partial charge on any atom is 0.260 e. The largest absolute Gasteiger partial charge is 0.376 e. The lowest BCUT2D eigenvalue weighted by atomic mass is 10.2. The van der Waals surface area contributed by atoms with Crippen molar-refractivity contribution in [2.75, 3.05) is 37.4 Å². The van der Waals surface area contributed by atoms with Crippen molar-refractivity contribution >= 4 is 52.5 Å². The molecule has 9 nitrogen and oxygen atoms in total. The summed E-state index contributed by atoms with van der Waals surface area (Å²) in [6.07, 6.45) is 6.09. The zero-order valence-corrected chi connectivity index (χ0v) is 25.7. The third kappa shape index (κ3) is 7.09. The molecule has 1 atom stereocenters. The Morgan fingerprint density at radius 2 is 1.65 bits per heavy atom. The maximum atomic E-state index is 13.8. The van der Waals surface area contributed by atoms with Crippen molar-refractivity contribution in [2.45, 2.75) is 68.3 Å². The Labute approximate surface area is 241 Å². The Morgan fingerprint density at radius 3 is 2.23 bits per heavy atom. The van der Waals surface area contributed by atoms with Crippen LogP contribution in [0.4, 0.5) is 5.13 Å². The maximum absolute atomic E-state index is 13.8. The van der Waals surface area contributed by atoms with Crippen molar-refractivity contribution in [3.63, 3.8) is 0 Å². The van der Waals surface area contributed by atoms with E-state index in [2.05, 4.69) is 4.98 Å². The van der Waals surface area contributed by atoms with Gasteiger partial charge in [0.05, 0.1) is 32.7 Å². The number of nitrogens with zero attached hydrogens (tertiary/aromatic N) is 3. The molecule has 1 unspecified atom stereocenters. The van der Waals surface area contributed by atoms with Gasteiger partial charge in [0.2, 0.25) is 10.0 Å². The van der Waals surface area contributed by atoms with Crippen LogP contribution in [-0.2, 0) is 24.6 Å². The SMILES string of the molecule is CCCCN(CCCC)S(=O)(=O)c1ccc(C(=O)N(CC2CCCO2)c2nc3ccc(S(C)(=O)=O)cc3s2)cc1. The van der Waals surface area contributed by atoms with E-state index in [9.17, 15) is 21.6 Å². The number of thiazole rings is 1. The van der Waals surface area contributed by atoms with Crippen LogP contribution >= 0.6 is 11.3 Å². The average Bonchev–Trinajstić information content (AvgIpc) is 3.60. The predicted molar refractivity (Wildman–Crippen MR) is 158 cm³/mol. The molecular weight excluding hydrogens is 571 g/mol. The molecule has 1 aliphatic rings. The molecule has 0 radical (unpaired) electrons. The van der Waals surface area contributed by atoms with E-state index in [1.165, 1.54) is 33.8 Å². The van der Waals surface area contributed by atoms with Crippen LogP contribution in [-0.4, -0.2) is 70.6 Å². The van der Waals surface area contributed by atoms with Gasteiger partial charge in [-0.05, 0) is 68.1 Å². The number of amides is 1. The van der Waals surface area contributed by atoms with Gasteiger partial charge in [-0.15, -0.1) is 0 Å². The summed E-state index contributed by atoms with van der Waals surface area (Å²) in [4.78, 5) is 20.3. The highest BCUT2D eigenvalue weighted by molar-refractivity contribution is 7.90. The second-order valence-corrected chi connectivity index (χ2v) is 15.0. The second-order valence-electron chi connectivity index (χ2n) is 10.1. The van der Waals surface area contributed by atoms with Gasteiger partial charge in [-0.2, -0.15) is 4.31 Å². The van der Waals surface area contributed by atoms with Gasteiger partial charge < -0.3 is 4.74 Å². The van der Waals surface area contributed by atoms with Crippen LogP contribution in [0.5, 0.6) is 0 Å². The average molecular weight is 608 g/mol. The number of carbonyl (C=O) groups is 1. The van der Waals surface area contributed by atoms with Gasteiger partial charge in [-0.3, -0.25) is 9.69 Å². The molecule has 2 aromatic carbocycles. The minimum Gasteiger partial charge on any atom is -0.376 e. The predicted octanol–water partition coefficient (Wildman–Crippen LogP) is 5.12. The molecule has 0 N–H and O–H groups in total. The molecule has 1 saturated heterocycles. The van der Waals surface area contributed by atoms with Crippen molar-refractivity contribution in [3.05, 3.63) is 48.0 Å². The summed E-state index contributed by atoms with van der Waals surface area (Å²) < 4.78 is 58.8. The zero-order chi connectivity index (χ0) is 28.9. The molecule has 1 fully saturated rings. The Kier molecular flexibility index (Phi) is 9.99. The van der Waals surface area contributed by atoms with E-state index < -0.39 is 19.9 Å². The first-order chi connectivity index (χ1) is 19.0. The standard InChI is InChI=1S/C28H37N3O6S3/c1-4-6-16-30(17-7-5-2)40(35,36)23-12-10-21(11-13-23)27(32)31(20-22-9-8-18-37-22)28-29-25-15-14-24(39(3,33)34)19-26(25)38-28/h10-15,19,22H,4-9,16-18,20H2,1-3H3. The van der Waals surface area contributed by atoms with Gasteiger partial charge in [-0.1, -0.05) is 38.0 Å². The van der Waals surface area contributed by atoms with E-state index in [1.54, 1.807) is 29.2 Å². The lowest BCUT2D eigenvalue weighted by Gasteiger charge is -2.24. The summed E-state index contributed by atoms with van der Waals surface area (Å²) in [5.74, 6) is -0.323. The number of anilines is 1. The Balaban J connectivity index is 1.64. The monoisotopic (exact) mass is 607 g/mol. The molecule has 1 amide bonds. The number of fused-ring (bicyclic) bond motifs is 1. The molecule has 0 bridgehead atoms. The van der Waals surface area contributed by atoms with E-state index in [0.29, 0.717) is 47.2 Å². The Morgan fingerprint density at radius 1 is 1.00 bits per heavy atom. The van der Waals surface area contributed by atoms with Gasteiger partial charge in [0.1, 0.15) is 0 Å². The summed E-state index contributed by atoms with van der Waals surface area (Å²) in [7, 11) is -7.07. The molecule has 0 spiro atoms. The number of carbonyl (C=O) groups excluding carboxylic acids is 1. The lowest BCUT2D eigenvalue weighted by molar-refractivity contribution is 0.0917. The molecule has 3 aromatic rings. The van der Waals surface area contributed by atoms with E-state index in [1.807, 2.05) is 13.8 Å². The summed E-state index contributed by atoms with van der Waals surface area (Å²) >= 11 is 1.24. The third-order valence-electron chi connectivity index (χ3n) is 6.92. The van der Waals surface area contributed by atoms with Crippen LogP contribution in [0.25, 0.3) is 10.2 Å². The molecule has 0 saturated carbocycles. The number of sulfonamides is 1. The minimum atomic E-state index is -3.68. The van der Waals surface area contributed by atoms with Crippen molar-refractivity contribution in [1.82, 2.24) is 9.29 Å². The van der Waals surface area contributed by atoms with Crippen molar-refractivity contribution in [1.29, 1.82) is 0 Å². The number of ether oxygens (including phenoxy) is 1. The summed E-state index contributed by atoms with van der Waals surface area (Å²) in [5, 5.41) is 0.433. The fourth-order valence-corrected chi connectivity index (χ4v) is 7.83. The second kappa shape index (κ2) is 13.1. The molecular formula is C28H37N3O6S3. The van der Waals surface area contributed by atoms with Crippen LogP contribution in [0.2, 0.25) is 0 Å². The number of sulfone groups is 1. The first-order valence-electron chi connectivity index (χ1n) is 13.7. The van der Waals surface area contributed by atoms with E-state index in [-0.39, 0.29) is 21.8 Å². The first kappa shape index (κ1) is 30.6. The third-order valence-corrected chi connectivity index (χ3v) is 11.0. The van der Waals surface area contributed by atoms with Crippen molar-refractivity contribution in [2.24, 2.45) is 0 Å². The van der Waals surface area contributed by atoms with Crippen molar-refractivity contribution in [3.8, 4) is 0 Å². The number of unbranched alkanes of at least 4 members (excludes halogenated alkanes) is 2. The number of rotatable bonds is 13. The first-order valence-corrected chi connectivity index (χ1v) is 17.8. The smallest absolute Gasteiger partial charge is 0.260 e. The number of benzene rings is 2. The number of aromatic nitrogens is 1. The topological polar surface area (TPSA) is 114 Å². The highest BCUT2D eigenvalue weighted by atomic mass is 32.2. The molecule has 1 aromatic heterocycles. The van der Waals surface area contributed by atoms with E-state index in [4.69, 9.17) is 4.74 Å². The minimum absolute atomic E-state index is 0.145. The Hall–Kier alpha value is -2.38. The summed E-state index contributed by atoms with van der Waals surface area (Å²) in [5.41, 5.74) is 0.930. The normalized spacial score (nSPS) is 16.1. The van der Waals surface area contributed by atoms with Gasteiger partial charge in [-0.25, -0.2) is 21.8 Å². The van der Waals surface area contributed by atoms with E-state index >= 15 is 0 Å². The molecule has 2 heterocycles. The molecule has 1 aliphatic heterocycles. The van der Waals surface area contributed by atoms with Gasteiger partial charge in [0.25, 0.3) is 5.91 Å². The van der Waals surface area contributed by atoms with Gasteiger partial charge >= 0.3 is 0 Å². The molecule has 218 valence electrons. The molecule has 4 rings (SSSR count).